The molecular weight excluding hydrogens is 180 g/mol. The van der Waals surface area contributed by atoms with Crippen molar-refractivity contribution in [1.82, 2.24) is 0 Å². The van der Waals surface area contributed by atoms with E-state index in [1.807, 2.05) is 6.92 Å². The van der Waals surface area contributed by atoms with Crippen LogP contribution in [0.15, 0.2) is 12.7 Å². The molecule has 14 heavy (non-hydrogen) atoms. The lowest BCUT2D eigenvalue weighted by atomic mass is 10.2. The Kier molecular flexibility index (Phi) is 9.64. The normalized spacial score (nSPS) is 9.79. The lowest BCUT2D eigenvalue weighted by Crippen LogP contribution is -2.04. The Hall–Kier alpha value is -0.830. The molecule has 0 aliphatic rings. The first-order valence-corrected chi connectivity index (χ1v) is 5.15. The third-order valence-corrected chi connectivity index (χ3v) is 1.71. The Morgan fingerprint density at radius 1 is 1.29 bits per heavy atom. The highest BCUT2D eigenvalue weighted by Gasteiger charge is 1.97. The van der Waals surface area contributed by atoms with Gasteiger partial charge in [-0.05, 0) is 26.2 Å². The molecule has 0 radical (unpaired) electrons. The van der Waals surface area contributed by atoms with Crippen LogP contribution in [0.3, 0.4) is 0 Å². The van der Waals surface area contributed by atoms with E-state index in [0.29, 0.717) is 13.0 Å². The van der Waals surface area contributed by atoms with Crippen LogP contribution >= 0.6 is 0 Å². The van der Waals surface area contributed by atoms with Gasteiger partial charge >= 0.3 is 5.97 Å². The van der Waals surface area contributed by atoms with Crippen LogP contribution in [-0.4, -0.2) is 25.8 Å². The molecule has 0 heterocycles. The highest BCUT2D eigenvalue weighted by atomic mass is 16.5. The van der Waals surface area contributed by atoms with E-state index >= 15 is 0 Å². The van der Waals surface area contributed by atoms with E-state index in [9.17, 15) is 4.79 Å². The maximum Gasteiger partial charge on any atom is 0.309 e. The van der Waals surface area contributed by atoms with Crippen LogP contribution in [0.2, 0.25) is 0 Å². The second-order valence-corrected chi connectivity index (χ2v) is 2.97. The van der Waals surface area contributed by atoms with Gasteiger partial charge in [0.1, 0.15) is 0 Å². The smallest absolute Gasteiger partial charge is 0.309 e. The van der Waals surface area contributed by atoms with E-state index in [4.69, 9.17) is 9.47 Å². The molecule has 0 rings (SSSR count). The Morgan fingerprint density at radius 3 is 2.64 bits per heavy atom. The molecule has 3 nitrogen and oxygen atoms in total. The molecule has 0 bridgehead atoms. The number of rotatable bonds is 9. The zero-order chi connectivity index (χ0) is 10.6. The molecule has 0 atom stereocenters. The standard InChI is InChI=1S/C11H20O3/c1-3-8-11(12)14-10-7-5-6-9-13-4-2/h3H,1,4-10H2,2H3. The van der Waals surface area contributed by atoms with Crippen molar-refractivity contribution in [3.05, 3.63) is 12.7 Å². The van der Waals surface area contributed by atoms with Crippen LogP contribution < -0.4 is 0 Å². The van der Waals surface area contributed by atoms with Crippen LogP contribution in [0.5, 0.6) is 0 Å². The van der Waals surface area contributed by atoms with E-state index in [1.54, 1.807) is 6.08 Å². The average molecular weight is 200 g/mol. The first kappa shape index (κ1) is 13.2. The highest BCUT2D eigenvalue weighted by molar-refractivity contribution is 5.70. The SMILES string of the molecule is C=CCC(=O)OCCCCCOCC. The topological polar surface area (TPSA) is 35.5 Å². The monoisotopic (exact) mass is 200 g/mol. The van der Waals surface area contributed by atoms with E-state index in [0.717, 1.165) is 32.5 Å². The number of carbonyl (C=O) groups is 1. The van der Waals surface area contributed by atoms with Gasteiger partial charge in [0.2, 0.25) is 0 Å². The molecule has 0 aromatic rings. The van der Waals surface area contributed by atoms with Crippen molar-refractivity contribution in [2.24, 2.45) is 0 Å². The molecule has 0 aromatic carbocycles. The van der Waals surface area contributed by atoms with E-state index in [-0.39, 0.29) is 5.97 Å². The van der Waals surface area contributed by atoms with Crippen molar-refractivity contribution in [3.8, 4) is 0 Å². The fraction of sp³-hybridized carbons (Fsp3) is 0.727. The van der Waals surface area contributed by atoms with Gasteiger partial charge in [-0.1, -0.05) is 6.08 Å². The zero-order valence-electron chi connectivity index (χ0n) is 8.96. The summed E-state index contributed by atoms with van der Waals surface area (Å²) in [5, 5.41) is 0. The van der Waals surface area contributed by atoms with E-state index < -0.39 is 0 Å². The van der Waals surface area contributed by atoms with Crippen molar-refractivity contribution in [1.29, 1.82) is 0 Å². The molecule has 0 spiro atoms. The van der Waals surface area contributed by atoms with Crippen molar-refractivity contribution < 1.29 is 14.3 Å². The predicted octanol–water partition coefficient (Wildman–Crippen LogP) is 2.31. The maximum atomic E-state index is 10.9. The predicted molar refractivity (Wildman–Crippen MR) is 56.1 cm³/mol. The summed E-state index contributed by atoms with van der Waals surface area (Å²) in [5.74, 6) is -0.190. The fourth-order valence-corrected chi connectivity index (χ4v) is 0.990. The van der Waals surface area contributed by atoms with Crippen molar-refractivity contribution in [2.75, 3.05) is 19.8 Å². The fourth-order valence-electron chi connectivity index (χ4n) is 0.990. The molecule has 0 N–H and O–H groups in total. The van der Waals surface area contributed by atoms with Gasteiger partial charge in [-0.2, -0.15) is 0 Å². The van der Waals surface area contributed by atoms with Gasteiger partial charge in [-0.25, -0.2) is 0 Å². The zero-order valence-corrected chi connectivity index (χ0v) is 8.96. The summed E-state index contributed by atoms with van der Waals surface area (Å²) in [6, 6.07) is 0. The Morgan fingerprint density at radius 2 is 2.00 bits per heavy atom. The minimum absolute atomic E-state index is 0.190. The summed E-state index contributed by atoms with van der Waals surface area (Å²) in [5.41, 5.74) is 0. The van der Waals surface area contributed by atoms with Crippen molar-refractivity contribution in [3.63, 3.8) is 0 Å². The molecular formula is C11H20O3. The average Bonchev–Trinajstić information content (AvgIpc) is 2.17. The van der Waals surface area contributed by atoms with E-state index in [1.165, 1.54) is 0 Å². The summed E-state index contributed by atoms with van der Waals surface area (Å²) >= 11 is 0. The third kappa shape index (κ3) is 9.26. The van der Waals surface area contributed by atoms with Gasteiger partial charge < -0.3 is 9.47 Å². The van der Waals surface area contributed by atoms with Crippen LogP contribution in [0.1, 0.15) is 32.6 Å². The minimum Gasteiger partial charge on any atom is -0.465 e. The number of esters is 1. The Balaban J connectivity index is 3.05. The lowest BCUT2D eigenvalue weighted by Gasteiger charge is -2.03. The van der Waals surface area contributed by atoms with Gasteiger partial charge in [0.05, 0.1) is 13.0 Å². The second kappa shape index (κ2) is 10.3. The lowest BCUT2D eigenvalue weighted by molar-refractivity contribution is -0.142. The summed E-state index contributed by atoms with van der Waals surface area (Å²) in [6.45, 7) is 7.53. The number of unbranched alkanes of at least 4 members (excludes halogenated alkanes) is 2. The van der Waals surface area contributed by atoms with Crippen LogP contribution in [0.4, 0.5) is 0 Å². The Bertz CT molecular complexity index is 155. The molecule has 0 fully saturated rings. The summed E-state index contributed by atoms with van der Waals surface area (Å²) in [6.07, 6.45) is 4.85. The number of hydrogen-bond donors (Lipinski definition) is 0. The quantitative estimate of drug-likeness (QED) is 0.325. The first-order valence-electron chi connectivity index (χ1n) is 5.15. The number of carbonyl (C=O) groups excluding carboxylic acids is 1. The van der Waals surface area contributed by atoms with Gasteiger partial charge in [0.25, 0.3) is 0 Å². The van der Waals surface area contributed by atoms with Crippen LogP contribution in [-0.2, 0) is 14.3 Å². The molecule has 0 amide bonds. The minimum atomic E-state index is -0.190. The number of ether oxygens (including phenoxy) is 2. The molecule has 3 heteroatoms. The van der Waals surface area contributed by atoms with Gasteiger partial charge in [0, 0.05) is 13.2 Å². The summed E-state index contributed by atoms with van der Waals surface area (Å²) in [4.78, 5) is 10.9. The molecule has 0 saturated carbocycles. The second-order valence-electron chi connectivity index (χ2n) is 2.97. The first-order chi connectivity index (χ1) is 6.81. The molecule has 0 unspecified atom stereocenters. The largest absolute Gasteiger partial charge is 0.465 e. The molecule has 0 aliphatic carbocycles. The van der Waals surface area contributed by atoms with Crippen molar-refractivity contribution in [2.45, 2.75) is 32.6 Å². The summed E-state index contributed by atoms with van der Waals surface area (Å²) in [7, 11) is 0. The number of hydrogen-bond acceptors (Lipinski definition) is 3. The molecule has 0 aliphatic heterocycles. The van der Waals surface area contributed by atoms with Gasteiger partial charge in [-0.15, -0.1) is 6.58 Å². The molecule has 0 aromatic heterocycles. The maximum absolute atomic E-state index is 10.9. The third-order valence-electron chi connectivity index (χ3n) is 1.71. The van der Waals surface area contributed by atoms with Gasteiger partial charge in [-0.3, -0.25) is 4.79 Å². The molecule has 0 saturated heterocycles. The molecule has 82 valence electrons. The highest BCUT2D eigenvalue weighted by Crippen LogP contribution is 1.97. The summed E-state index contributed by atoms with van der Waals surface area (Å²) < 4.78 is 10.1. The van der Waals surface area contributed by atoms with Crippen molar-refractivity contribution >= 4 is 5.97 Å². The van der Waals surface area contributed by atoms with Gasteiger partial charge in [0.15, 0.2) is 0 Å². The van der Waals surface area contributed by atoms with Crippen LogP contribution in [0.25, 0.3) is 0 Å². The Labute approximate surface area is 86.1 Å². The van der Waals surface area contributed by atoms with Crippen LogP contribution in [0, 0.1) is 0 Å². The van der Waals surface area contributed by atoms with E-state index in [2.05, 4.69) is 6.58 Å².